The number of benzene rings is 9. The van der Waals surface area contributed by atoms with Gasteiger partial charge >= 0.3 is 0 Å². The molecule has 0 amide bonds. The summed E-state index contributed by atoms with van der Waals surface area (Å²) in [4.78, 5) is 15.3. The summed E-state index contributed by atoms with van der Waals surface area (Å²) in [6.45, 7) is 3.79. The molecule has 2 aliphatic carbocycles. The van der Waals surface area contributed by atoms with Gasteiger partial charge in [0.1, 0.15) is 7.14 Å². The van der Waals surface area contributed by atoms with Crippen molar-refractivity contribution in [2.45, 2.75) is 31.1 Å². The highest BCUT2D eigenvalue weighted by Crippen LogP contribution is 2.60. The van der Waals surface area contributed by atoms with Gasteiger partial charge in [-0.2, -0.15) is 0 Å². The molecule has 0 spiro atoms. The molecule has 0 radical (unpaired) electrons. The zero-order chi connectivity index (χ0) is 45.1. The van der Waals surface area contributed by atoms with E-state index < -0.39 is 7.14 Å². The summed E-state index contributed by atoms with van der Waals surface area (Å²) in [5.74, 6) is 3.27. The summed E-state index contributed by atoms with van der Waals surface area (Å²) in [7, 11) is -2.58. The lowest BCUT2D eigenvalue weighted by molar-refractivity contribution is 0.320. The van der Waals surface area contributed by atoms with Gasteiger partial charge in [-0.1, -0.05) is 213 Å². The minimum absolute atomic E-state index is 0.0753. The number of aromatic nitrogens is 3. The molecule has 2 aliphatic rings. The minimum atomic E-state index is -2.58. The normalized spacial score (nSPS) is 17.9. The molecule has 2 saturated carbocycles. The van der Waals surface area contributed by atoms with Crippen LogP contribution < -0.4 is 5.30 Å². The lowest BCUT2D eigenvalue weighted by Crippen LogP contribution is -2.34. The molecule has 9 aromatic carbocycles. The van der Waals surface area contributed by atoms with Gasteiger partial charge in [-0.15, -0.1) is 0 Å². The Hall–Kier alpha value is -7.26. The third kappa shape index (κ3) is 7.32. The van der Waals surface area contributed by atoms with E-state index in [1.807, 2.05) is 37.6 Å². The van der Waals surface area contributed by atoms with Gasteiger partial charge in [0, 0.05) is 27.4 Å². The standard InChI is InChI=1S/C62H50N3OP/c1-67(2,66)58-55-19-11-9-17-53(55)57(54-18-10-12-20-56(54)58)46-30-35-50(36-31-46)62(40-41-21-34-52(62)39-41)51-37-32-49(33-38-51)61-64-59(47-15-7-4-8-16-47)63-60(65-61)48-28-26-45(27-29-48)44-24-22-43(23-25-44)42-13-5-3-6-14-42/h3-20,22-33,35-38,41,52H,21,34,39-40H2,1-2H3. The topological polar surface area (TPSA) is 55.7 Å². The van der Waals surface area contributed by atoms with Gasteiger partial charge in [0.25, 0.3) is 0 Å². The van der Waals surface area contributed by atoms with Gasteiger partial charge in [-0.25, -0.2) is 15.0 Å². The van der Waals surface area contributed by atoms with E-state index in [-0.39, 0.29) is 5.41 Å². The van der Waals surface area contributed by atoms with E-state index in [0.717, 1.165) is 67.0 Å². The third-order valence-corrected chi connectivity index (χ3v) is 16.3. The van der Waals surface area contributed by atoms with E-state index >= 15 is 0 Å². The lowest BCUT2D eigenvalue weighted by Gasteiger charge is -2.39. The zero-order valence-electron chi connectivity index (χ0n) is 37.8. The van der Waals surface area contributed by atoms with Crippen LogP contribution in [0.25, 0.3) is 89.1 Å². The molecule has 1 heterocycles. The average molecular weight is 884 g/mol. The largest absolute Gasteiger partial charge is 0.319 e. The van der Waals surface area contributed by atoms with Gasteiger partial charge in [0.2, 0.25) is 0 Å². The van der Waals surface area contributed by atoms with Crippen molar-refractivity contribution in [3.05, 3.63) is 217 Å². The van der Waals surface area contributed by atoms with Crippen LogP contribution in [0, 0.1) is 11.8 Å². The number of nitrogens with zero attached hydrogens (tertiary/aromatic N) is 3. The van der Waals surface area contributed by atoms with Crippen molar-refractivity contribution in [2.75, 3.05) is 13.3 Å². The van der Waals surface area contributed by atoms with Crippen molar-refractivity contribution < 1.29 is 4.57 Å². The van der Waals surface area contributed by atoms with Crippen LogP contribution in [0.4, 0.5) is 0 Å². The summed E-state index contributed by atoms with van der Waals surface area (Å²) >= 11 is 0. The van der Waals surface area contributed by atoms with Crippen LogP contribution in [-0.2, 0) is 9.98 Å². The molecular formula is C62H50N3OP. The summed E-state index contributed by atoms with van der Waals surface area (Å²) in [6, 6.07) is 73.7. The maximum Gasteiger partial charge on any atom is 0.164 e. The Morgan fingerprint density at radius 3 is 1.18 bits per heavy atom. The SMILES string of the molecule is CP(C)(=O)c1c2ccccc2c(-c2ccc(C3(c4ccc(-c5nc(-c6ccccc6)nc(-c6ccc(-c7ccc(-c8ccccc8)cc7)cc6)n5)cc4)CC4CCC3C4)cc2)c2ccccc12. The van der Waals surface area contributed by atoms with Crippen LogP contribution in [0.3, 0.4) is 0 Å². The first kappa shape index (κ1) is 41.2. The van der Waals surface area contributed by atoms with E-state index in [0.29, 0.717) is 23.4 Å². The predicted octanol–water partition coefficient (Wildman–Crippen LogP) is 15.5. The number of hydrogen-bond donors (Lipinski definition) is 0. The van der Waals surface area contributed by atoms with Gasteiger partial charge in [-0.05, 0) is 110 Å². The fourth-order valence-corrected chi connectivity index (χ4v) is 13.2. The van der Waals surface area contributed by atoms with Crippen molar-refractivity contribution in [2.24, 2.45) is 11.8 Å². The van der Waals surface area contributed by atoms with Crippen LogP contribution in [0.1, 0.15) is 36.8 Å². The summed E-state index contributed by atoms with van der Waals surface area (Å²) < 4.78 is 13.8. The highest BCUT2D eigenvalue weighted by atomic mass is 31.2. The molecule has 67 heavy (non-hydrogen) atoms. The molecule has 10 aromatic rings. The van der Waals surface area contributed by atoms with E-state index in [4.69, 9.17) is 15.0 Å². The van der Waals surface area contributed by atoms with Crippen molar-refractivity contribution in [1.82, 2.24) is 15.0 Å². The Bertz CT molecular complexity index is 3440. The van der Waals surface area contributed by atoms with Crippen molar-refractivity contribution >= 4 is 34.0 Å². The van der Waals surface area contributed by atoms with Gasteiger partial charge in [0.15, 0.2) is 17.5 Å². The molecule has 0 N–H and O–H groups in total. The molecule has 12 rings (SSSR count). The first-order valence-corrected chi connectivity index (χ1v) is 26.2. The van der Waals surface area contributed by atoms with Crippen LogP contribution in [0.2, 0.25) is 0 Å². The quantitative estimate of drug-likeness (QED) is 0.107. The second-order valence-corrected chi connectivity index (χ2v) is 22.2. The number of hydrogen-bond acceptors (Lipinski definition) is 4. The second kappa shape index (κ2) is 16.6. The molecule has 3 atom stereocenters. The van der Waals surface area contributed by atoms with E-state index in [2.05, 4.69) is 182 Å². The summed E-state index contributed by atoms with van der Waals surface area (Å²) in [6.07, 6.45) is 4.97. The van der Waals surface area contributed by atoms with Gasteiger partial charge < -0.3 is 4.57 Å². The van der Waals surface area contributed by atoms with E-state index in [1.165, 1.54) is 52.6 Å². The molecule has 4 nitrogen and oxygen atoms in total. The second-order valence-electron chi connectivity index (χ2n) is 19.1. The van der Waals surface area contributed by atoms with Crippen molar-refractivity contribution in [3.8, 4) is 67.5 Å². The summed E-state index contributed by atoms with van der Waals surface area (Å²) in [5, 5.41) is 5.44. The van der Waals surface area contributed by atoms with Gasteiger partial charge in [-0.3, -0.25) is 0 Å². The molecule has 5 heteroatoms. The van der Waals surface area contributed by atoms with Crippen LogP contribution >= 0.6 is 7.14 Å². The van der Waals surface area contributed by atoms with E-state index in [1.54, 1.807) is 0 Å². The molecule has 0 saturated heterocycles. The minimum Gasteiger partial charge on any atom is -0.319 e. The van der Waals surface area contributed by atoms with Gasteiger partial charge in [0.05, 0.1) is 0 Å². The Labute approximate surface area is 392 Å². The summed E-state index contributed by atoms with van der Waals surface area (Å²) in [5.41, 5.74) is 12.7. The smallest absolute Gasteiger partial charge is 0.164 e. The predicted molar refractivity (Wildman–Crippen MR) is 279 cm³/mol. The van der Waals surface area contributed by atoms with Crippen LogP contribution in [0.15, 0.2) is 206 Å². The number of fused-ring (bicyclic) bond motifs is 4. The van der Waals surface area contributed by atoms with Crippen LogP contribution in [-0.4, -0.2) is 28.3 Å². The highest BCUT2D eigenvalue weighted by Gasteiger charge is 2.52. The fraction of sp³-hybridized carbons (Fsp3) is 0.145. The van der Waals surface area contributed by atoms with Crippen LogP contribution in [0.5, 0.6) is 0 Å². The Morgan fingerprint density at radius 2 is 0.761 bits per heavy atom. The Kier molecular flexibility index (Phi) is 10.2. The monoisotopic (exact) mass is 883 g/mol. The molecule has 2 bridgehead atoms. The zero-order valence-corrected chi connectivity index (χ0v) is 38.7. The third-order valence-electron chi connectivity index (χ3n) is 14.8. The molecule has 1 aromatic heterocycles. The molecule has 324 valence electrons. The molecule has 0 aliphatic heterocycles. The highest BCUT2D eigenvalue weighted by molar-refractivity contribution is 7.71. The average Bonchev–Trinajstić information content (AvgIpc) is 4.01. The lowest BCUT2D eigenvalue weighted by atomic mass is 9.64. The number of rotatable bonds is 9. The molecule has 2 fully saturated rings. The van der Waals surface area contributed by atoms with E-state index in [9.17, 15) is 4.57 Å². The van der Waals surface area contributed by atoms with Crippen molar-refractivity contribution in [1.29, 1.82) is 0 Å². The molecular weight excluding hydrogens is 834 g/mol. The molecule has 3 unspecified atom stereocenters. The first-order valence-electron chi connectivity index (χ1n) is 23.6. The first-order chi connectivity index (χ1) is 32.8. The van der Waals surface area contributed by atoms with Crippen molar-refractivity contribution in [3.63, 3.8) is 0 Å². The Balaban J connectivity index is 0.894. The fourth-order valence-electron chi connectivity index (χ4n) is 11.7. The maximum atomic E-state index is 13.8. The Morgan fingerprint density at radius 1 is 0.403 bits per heavy atom. The maximum absolute atomic E-state index is 13.8.